The van der Waals surface area contributed by atoms with E-state index in [0.29, 0.717) is 13.0 Å². The highest BCUT2D eigenvalue weighted by molar-refractivity contribution is 5.91. The maximum atomic E-state index is 11.8. The van der Waals surface area contributed by atoms with Crippen LogP contribution in [0, 0.1) is 5.41 Å². The Morgan fingerprint density at radius 3 is 2.53 bits per heavy atom. The van der Waals surface area contributed by atoms with E-state index in [4.69, 9.17) is 5.73 Å². The van der Waals surface area contributed by atoms with Crippen LogP contribution >= 0.6 is 0 Å². The number of carbonyl (C=O) groups is 1. The second kappa shape index (κ2) is 5.82. The number of rotatable bonds is 4. The van der Waals surface area contributed by atoms with Gasteiger partial charge in [-0.15, -0.1) is 0 Å². The second-order valence-electron chi connectivity index (χ2n) is 5.47. The van der Waals surface area contributed by atoms with Gasteiger partial charge in [0.1, 0.15) is 0 Å². The molecule has 0 spiro atoms. The molecule has 0 radical (unpaired) electrons. The minimum Gasteiger partial charge on any atom is -0.326 e. The average molecular weight is 234 g/mol. The summed E-state index contributed by atoms with van der Waals surface area (Å²) < 4.78 is 0. The molecule has 1 aromatic carbocycles. The van der Waals surface area contributed by atoms with Gasteiger partial charge in [-0.25, -0.2) is 0 Å². The number of para-hydroxylation sites is 1. The molecule has 1 amide bonds. The standard InChI is InChI=1S/C14H22N2O/c1-14(2,3)9-8-13(17)16-12-7-5-4-6-11(12)10-15/h4-7H,8-10,15H2,1-3H3,(H,16,17). The highest BCUT2D eigenvalue weighted by Crippen LogP contribution is 2.21. The summed E-state index contributed by atoms with van der Waals surface area (Å²) in [6, 6.07) is 7.64. The van der Waals surface area contributed by atoms with Crippen molar-refractivity contribution in [2.24, 2.45) is 11.1 Å². The van der Waals surface area contributed by atoms with E-state index in [0.717, 1.165) is 17.7 Å². The van der Waals surface area contributed by atoms with Crippen molar-refractivity contribution in [1.82, 2.24) is 0 Å². The molecule has 3 heteroatoms. The first kappa shape index (κ1) is 13.7. The lowest BCUT2D eigenvalue weighted by Crippen LogP contribution is -2.16. The molecule has 1 aromatic rings. The number of nitrogens with two attached hydrogens (primary N) is 1. The number of hydrogen-bond acceptors (Lipinski definition) is 2. The van der Waals surface area contributed by atoms with E-state index in [-0.39, 0.29) is 11.3 Å². The van der Waals surface area contributed by atoms with Crippen molar-refractivity contribution in [3.8, 4) is 0 Å². The van der Waals surface area contributed by atoms with Crippen LogP contribution in [0.1, 0.15) is 39.2 Å². The predicted molar refractivity (Wildman–Crippen MR) is 71.7 cm³/mol. The maximum absolute atomic E-state index is 11.8. The molecule has 0 unspecified atom stereocenters. The molecule has 0 aliphatic rings. The molecule has 0 fully saturated rings. The Morgan fingerprint density at radius 2 is 1.94 bits per heavy atom. The Kier molecular flexibility index (Phi) is 4.70. The molecule has 0 atom stereocenters. The van der Waals surface area contributed by atoms with Crippen molar-refractivity contribution in [3.05, 3.63) is 29.8 Å². The number of nitrogens with one attached hydrogen (secondary N) is 1. The van der Waals surface area contributed by atoms with Gasteiger partial charge in [-0.3, -0.25) is 4.79 Å². The summed E-state index contributed by atoms with van der Waals surface area (Å²) in [7, 11) is 0. The monoisotopic (exact) mass is 234 g/mol. The Labute approximate surface area is 103 Å². The van der Waals surface area contributed by atoms with E-state index in [2.05, 4.69) is 26.1 Å². The van der Waals surface area contributed by atoms with Crippen molar-refractivity contribution in [3.63, 3.8) is 0 Å². The fourth-order valence-electron chi connectivity index (χ4n) is 1.52. The number of benzene rings is 1. The van der Waals surface area contributed by atoms with Crippen molar-refractivity contribution >= 4 is 11.6 Å². The normalized spacial score (nSPS) is 11.3. The Hall–Kier alpha value is -1.35. The summed E-state index contributed by atoms with van der Waals surface area (Å²) >= 11 is 0. The third-order valence-corrected chi connectivity index (χ3v) is 2.61. The first-order valence-corrected chi connectivity index (χ1v) is 6.00. The molecule has 17 heavy (non-hydrogen) atoms. The molecule has 0 aliphatic heterocycles. The van der Waals surface area contributed by atoms with Gasteiger partial charge in [0.25, 0.3) is 0 Å². The van der Waals surface area contributed by atoms with Gasteiger partial charge in [0.05, 0.1) is 0 Å². The second-order valence-corrected chi connectivity index (χ2v) is 5.47. The first-order chi connectivity index (χ1) is 7.92. The third kappa shape index (κ3) is 5.00. The van der Waals surface area contributed by atoms with Gasteiger partial charge in [0.2, 0.25) is 5.91 Å². The molecule has 3 nitrogen and oxygen atoms in total. The Bertz CT molecular complexity index is 380. The molecule has 0 heterocycles. The summed E-state index contributed by atoms with van der Waals surface area (Å²) in [5.41, 5.74) is 7.60. The van der Waals surface area contributed by atoms with Crippen LogP contribution in [0.4, 0.5) is 5.69 Å². The largest absolute Gasteiger partial charge is 0.326 e. The van der Waals surface area contributed by atoms with Crippen LogP contribution in [0.5, 0.6) is 0 Å². The average Bonchev–Trinajstić information content (AvgIpc) is 2.26. The zero-order chi connectivity index (χ0) is 12.9. The fourth-order valence-corrected chi connectivity index (χ4v) is 1.52. The van der Waals surface area contributed by atoms with E-state index in [1.807, 2.05) is 24.3 Å². The molecule has 94 valence electrons. The van der Waals surface area contributed by atoms with E-state index in [9.17, 15) is 4.79 Å². The van der Waals surface area contributed by atoms with Crippen LogP contribution in [0.25, 0.3) is 0 Å². The SMILES string of the molecule is CC(C)(C)CCC(=O)Nc1ccccc1CN. The van der Waals surface area contributed by atoms with Gasteiger partial charge in [-0.1, -0.05) is 39.0 Å². The molecule has 1 rings (SSSR count). The highest BCUT2D eigenvalue weighted by Gasteiger charge is 2.13. The maximum Gasteiger partial charge on any atom is 0.224 e. The summed E-state index contributed by atoms with van der Waals surface area (Å²) in [5, 5.41) is 2.92. The van der Waals surface area contributed by atoms with Crippen molar-refractivity contribution in [2.75, 3.05) is 5.32 Å². The van der Waals surface area contributed by atoms with Crippen LogP contribution in [0.3, 0.4) is 0 Å². The van der Waals surface area contributed by atoms with Gasteiger partial charge in [0, 0.05) is 18.7 Å². The summed E-state index contributed by atoms with van der Waals surface area (Å²) in [6.07, 6.45) is 1.42. The summed E-state index contributed by atoms with van der Waals surface area (Å²) in [5.74, 6) is 0.0563. The predicted octanol–water partition coefficient (Wildman–Crippen LogP) is 2.91. The Balaban J connectivity index is 2.56. The molecular formula is C14H22N2O. The minimum atomic E-state index is 0.0563. The number of amides is 1. The molecule has 0 saturated carbocycles. The smallest absolute Gasteiger partial charge is 0.224 e. The van der Waals surface area contributed by atoms with E-state index in [1.54, 1.807) is 0 Å². The van der Waals surface area contributed by atoms with Crippen molar-refractivity contribution < 1.29 is 4.79 Å². The lowest BCUT2D eigenvalue weighted by atomic mass is 9.90. The van der Waals surface area contributed by atoms with Crippen LogP contribution in [-0.2, 0) is 11.3 Å². The van der Waals surface area contributed by atoms with Gasteiger partial charge in [-0.2, -0.15) is 0 Å². The zero-order valence-corrected chi connectivity index (χ0v) is 10.9. The minimum absolute atomic E-state index is 0.0563. The Morgan fingerprint density at radius 1 is 1.29 bits per heavy atom. The molecular weight excluding hydrogens is 212 g/mol. The van der Waals surface area contributed by atoms with Crippen molar-refractivity contribution in [2.45, 2.75) is 40.2 Å². The zero-order valence-electron chi connectivity index (χ0n) is 10.9. The fraction of sp³-hybridized carbons (Fsp3) is 0.500. The van der Waals surface area contributed by atoms with Gasteiger partial charge < -0.3 is 11.1 Å². The third-order valence-electron chi connectivity index (χ3n) is 2.61. The van der Waals surface area contributed by atoms with Crippen LogP contribution in [0.2, 0.25) is 0 Å². The summed E-state index contributed by atoms with van der Waals surface area (Å²) in [6.45, 7) is 6.84. The van der Waals surface area contributed by atoms with E-state index < -0.39 is 0 Å². The lowest BCUT2D eigenvalue weighted by Gasteiger charge is -2.17. The quantitative estimate of drug-likeness (QED) is 0.841. The van der Waals surface area contributed by atoms with E-state index in [1.165, 1.54) is 0 Å². The molecule has 0 bridgehead atoms. The topological polar surface area (TPSA) is 55.1 Å². The number of anilines is 1. The number of carbonyl (C=O) groups excluding carboxylic acids is 1. The van der Waals surface area contributed by atoms with Crippen LogP contribution in [-0.4, -0.2) is 5.91 Å². The molecule has 3 N–H and O–H groups in total. The molecule has 0 aromatic heterocycles. The van der Waals surface area contributed by atoms with E-state index >= 15 is 0 Å². The lowest BCUT2D eigenvalue weighted by molar-refractivity contribution is -0.116. The number of hydrogen-bond donors (Lipinski definition) is 2. The highest BCUT2D eigenvalue weighted by atomic mass is 16.1. The van der Waals surface area contributed by atoms with Crippen LogP contribution in [0.15, 0.2) is 24.3 Å². The first-order valence-electron chi connectivity index (χ1n) is 6.00. The van der Waals surface area contributed by atoms with Crippen molar-refractivity contribution in [1.29, 1.82) is 0 Å². The van der Waals surface area contributed by atoms with Crippen LogP contribution < -0.4 is 11.1 Å². The van der Waals surface area contributed by atoms with Gasteiger partial charge in [0.15, 0.2) is 0 Å². The van der Waals surface area contributed by atoms with Gasteiger partial charge in [-0.05, 0) is 23.5 Å². The summed E-state index contributed by atoms with van der Waals surface area (Å²) in [4.78, 5) is 11.8. The van der Waals surface area contributed by atoms with Gasteiger partial charge >= 0.3 is 0 Å². The molecule has 0 saturated heterocycles. The molecule has 0 aliphatic carbocycles.